The number of hydrogen-bond donors (Lipinski definition) is 2. The van der Waals surface area contributed by atoms with Crippen LogP contribution in [0.1, 0.15) is 16.1 Å². The fraction of sp³-hybridized carbons (Fsp3) is 0.125. The molecule has 0 spiro atoms. The molecule has 0 bridgehead atoms. The molecule has 1 amide bonds. The summed E-state index contributed by atoms with van der Waals surface area (Å²) in [6, 6.07) is 10.00. The summed E-state index contributed by atoms with van der Waals surface area (Å²) < 4.78 is 15.4. The van der Waals surface area contributed by atoms with Crippen molar-refractivity contribution in [3.05, 3.63) is 47.7 Å². The molecule has 25 heavy (non-hydrogen) atoms. The average Bonchev–Trinajstić information content (AvgIpc) is 3.24. The zero-order valence-corrected chi connectivity index (χ0v) is 13.1. The van der Waals surface area contributed by atoms with Gasteiger partial charge in [0.25, 0.3) is 5.91 Å². The Hall–Kier alpha value is -3.62. The smallest absolute Gasteiger partial charge is 0.257 e. The van der Waals surface area contributed by atoms with Crippen molar-refractivity contribution in [1.82, 2.24) is 15.4 Å². The molecule has 0 fully saturated rings. The topological polar surface area (TPSA) is 111 Å². The number of ether oxygens (including phenoxy) is 2. The number of amides is 1. The Morgan fingerprint density at radius 3 is 2.56 bits per heavy atom. The number of aryl methyl sites for hydroxylation is 1. The summed E-state index contributed by atoms with van der Waals surface area (Å²) in [5, 5.41) is 17.4. The molecule has 9 heteroatoms. The molecule has 2 N–H and O–H groups in total. The zero-order valence-electron chi connectivity index (χ0n) is 13.1. The maximum absolute atomic E-state index is 12.3. The first-order valence-corrected chi connectivity index (χ1v) is 7.42. The van der Waals surface area contributed by atoms with Gasteiger partial charge in [0.2, 0.25) is 6.79 Å². The molecule has 9 nitrogen and oxygen atoms in total. The number of nitrogens with zero attached hydrogens (tertiary/aromatic N) is 3. The summed E-state index contributed by atoms with van der Waals surface area (Å²) >= 11 is 0. The van der Waals surface area contributed by atoms with Crippen molar-refractivity contribution in [2.75, 3.05) is 17.4 Å². The first kappa shape index (κ1) is 14.9. The van der Waals surface area contributed by atoms with Crippen LogP contribution in [0.25, 0.3) is 0 Å². The number of nitrogens with one attached hydrogen (secondary N) is 2. The van der Waals surface area contributed by atoms with Crippen LogP contribution in [-0.4, -0.2) is 28.1 Å². The van der Waals surface area contributed by atoms with Crippen molar-refractivity contribution in [3.63, 3.8) is 0 Å². The van der Waals surface area contributed by atoms with Crippen LogP contribution in [0.3, 0.4) is 0 Å². The number of hydrogen-bond acceptors (Lipinski definition) is 8. The summed E-state index contributed by atoms with van der Waals surface area (Å²) in [6.07, 6.45) is 0. The van der Waals surface area contributed by atoms with Crippen LogP contribution in [0.5, 0.6) is 11.5 Å². The molecule has 0 saturated heterocycles. The van der Waals surface area contributed by atoms with E-state index < -0.39 is 0 Å². The molecule has 0 saturated carbocycles. The second-order valence-corrected chi connectivity index (χ2v) is 5.27. The van der Waals surface area contributed by atoms with Crippen LogP contribution in [0.2, 0.25) is 0 Å². The normalized spacial score (nSPS) is 12.0. The van der Waals surface area contributed by atoms with Crippen molar-refractivity contribution in [2.24, 2.45) is 0 Å². The Kier molecular flexibility index (Phi) is 3.65. The van der Waals surface area contributed by atoms with E-state index in [0.717, 1.165) is 0 Å². The average molecular weight is 339 g/mol. The molecule has 2 aromatic heterocycles. The summed E-state index contributed by atoms with van der Waals surface area (Å²) in [7, 11) is 0. The van der Waals surface area contributed by atoms with Gasteiger partial charge in [-0.2, -0.15) is 0 Å². The Labute approximate surface area is 141 Å². The van der Waals surface area contributed by atoms with Gasteiger partial charge in [-0.25, -0.2) is 0 Å². The van der Waals surface area contributed by atoms with Gasteiger partial charge < -0.3 is 24.6 Å². The van der Waals surface area contributed by atoms with E-state index in [9.17, 15) is 4.79 Å². The Morgan fingerprint density at radius 1 is 1.00 bits per heavy atom. The van der Waals surface area contributed by atoms with E-state index in [-0.39, 0.29) is 12.7 Å². The molecule has 126 valence electrons. The molecule has 1 aromatic carbocycles. The molecule has 0 unspecified atom stereocenters. The summed E-state index contributed by atoms with van der Waals surface area (Å²) in [6.45, 7) is 1.95. The zero-order chi connectivity index (χ0) is 17.2. The van der Waals surface area contributed by atoms with Gasteiger partial charge in [0.1, 0.15) is 5.76 Å². The van der Waals surface area contributed by atoms with Gasteiger partial charge in [0.05, 0.1) is 0 Å². The minimum atomic E-state index is -0.319. The second-order valence-electron chi connectivity index (χ2n) is 5.27. The molecule has 1 aliphatic heterocycles. The van der Waals surface area contributed by atoms with Gasteiger partial charge in [0, 0.05) is 11.6 Å². The third-order valence-electron chi connectivity index (χ3n) is 3.43. The van der Waals surface area contributed by atoms with Crippen LogP contribution in [0.15, 0.2) is 40.9 Å². The monoisotopic (exact) mass is 339 g/mol. The number of rotatable bonds is 4. The maximum atomic E-state index is 12.3. The quantitative estimate of drug-likeness (QED) is 0.746. The fourth-order valence-corrected chi connectivity index (χ4v) is 2.25. The molecule has 1 aliphatic rings. The Morgan fingerprint density at radius 2 is 1.80 bits per heavy atom. The fourth-order valence-electron chi connectivity index (χ4n) is 2.25. The Balaban J connectivity index is 1.43. The van der Waals surface area contributed by atoms with Gasteiger partial charge in [-0.3, -0.25) is 4.79 Å². The number of fused-ring (bicyclic) bond motifs is 1. The van der Waals surface area contributed by atoms with Crippen LogP contribution in [0.4, 0.5) is 17.5 Å². The SMILES string of the molecule is Cc1cc(Nc2ccc(NC(=O)c3ccc4c(c3)OCO4)nn2)no1. The van der Waals surface area contributed by atoms with E-state index in [2.05, 4.69) is 26.0 Å². The summed E-state index contributed by atoms with van der Waals surface area (Å²) in [5.41, 5.74) is 0.436. The van der Waals surface area contributed by atoms with Crippen LogP contribution in [-0.2, 0) is 0 Å². The second kappa shape index (κ2) is 6.11. The van der Waals surface area contributed by atoms with Gasteiger partial charge >= 0.3 is 0 Å². The number of anilines is 3. The van der Waals surface area contributed by atoms with E-state index in [1.165, 1.54) is 0 Å². The predicted octanol–water partition coefficient (Wildman–Crippen LogP) is 2.50. The molecule has 0 aliphatic carbocycles. The van der Waals surface area contributed by atoms with E-state index >= 15 is 0 Å². The number of aromatic nitrogens is 3. The molecule has 3 heterocycles. The third-order valence-corrected chi connectivity index (χ3v) is 3.43. The molecule has 0 atom stereocenters. The van der Waals surface area contributed by atoms with Crippen LogP contribution >= 0.6 is 0 Å². The highest BCUT2D eigenvalue weighted by Gasteiger charge is 2.16. The molecule has 4 rings (SSSR count). The minimum Gasteiger partial charge on any atom is -0.454 e. The Bertz CT molecular complexity index is 923. The lowest BCUT2D eigenvalue weighted by molar-refractivity contribution is 0.102. The predicted molar refractivity (Wildman–Crippen MR) is 87.1 cm³/mol. The highest BCUT2D eigenvalue weighted by atomic mass is 16.7. The maximum Gasteiger partial charge on any atom is 0.257 e. The van der Waals surface area contributed by atoms with Crippen molar-refractivity contribution in [1.29, 1.82) is 0 Å². The van der Waals surface area contributed by atoms with Crippen molar-refractivity contribution in [3.8, 4) is 11.5 Å². The summed E-state index contributed by atoms with van der Waals surface area (Å²) in [4.78, 5) is 12.3. The highest BCUT2D eigenvalue weighted by Crippen LogP contribution is 2.32. The minimum absolute atomic E-state index is 0.158. The highest BCUT2D eigenvalue weighted by molar-refractivity contribution is 6.04. The van der Waals surface area contributed by atoms with Gasteiger partial charge in [-0.15, -0.1) is 10.2 Å². The van der Waals surface area contributed by atoms with E-state index in [4.69, 9.17) is 14.0 Å². The molecular weight excluding hydrogens is 326 g/mol. The van der Waals surface area contributed by atoms with Crippen molar-refractivity contribution in [2.45, 2.75) is 6.92 Å². The van der Waals surface area contributed by atoms with Crippen LogP contribution < -0.4 is 20.1 Å². The first-order chi connectivity index (χ1) is 12.2. The van der Waals surface area contributed by atoms with Crippen LogP contribution in [0, 0.1) is 6.92 Å². The van der Waals surface area contributed by atoms with E-state index in [1.54, 1.807) is 43.3 Å². The van der Waals surface area contributed by atoms with Gasteiger partial charge in [0.15, 0.2) is 29.0 Å². The van der Waals surface area contributed by atoms with Gasteiger partial charge in [-0.05, 0) is 37.3 Å². The molecule has 0 radical (unpaired) electrons. The summed E-state index contributed by atoms with van der Waals surface area (Å²) in [5.74, 6) is 2.86. The first-order valence-electron chi connectivity index (χ1n) is 7.42. The van der Waals surface area contributed by atoms with Crippen molar-refractivity contribution < 1.29 is 18.8 Å². The number of benzene rings is 1. The van der Waals surface area contributed by atoms with E-state index in [0.29, 0.717) is 40.3 Å². The lowest BCUT2D eigenvalue weighted by atomic mass is 10.2. The van der Waals surface area contributed by atoms with Crippen molar-refractivity contribution >= 4 is 23.4 Å². The number of carbonyl (C=O) groups excluding carboxylic acids is 1. The molecular formula is C16H13N5O4. The standard InChI is InChI=1S/C16H13N5O4/c1-9-6-15(21-25-9)17-13-4-5-14(20-19-13)18-16(22)10-2-3-11-12(7-10)24-8-23-11/h2-7H,8H2,1H3,(H,17,19,21)(H,18,20,22). The molecule has 3 aromatic rings. The third kappa shape index (κ3) is 3.20. The lowest BCUT2D eigenvalue weighted by Crippen LogP contribution is -2.13. The lowest BCUT2D eigenvalue weighted by Gasteiger charge is -2.06. The number of carbonyl (C=O) groups is 1. The van der Waals surface area contributed by atoms with E-state index in [1.807, 2.05) is 0 Å². The largest absolute Gasteiger partial charge is 0.454 e. The van der Waals surface area contributed by atoms with Gasteiger partial charge in [-0.1, -0.05) is 5.16 Å².